The molecule has 0 aromatic rings. The van der Waals surface area contributed by atoms with E-state index < -0.39 is 32.8 Å². The number of epoxide rings is 2. The van der Waals surface area contributed by atoms with Gasteiger partial charge < -0.3 is 23.1 Å². The van der Waals surface area contributed by atoms with Crippen molar-refractivity contribution >= 4 is 32.8 Å². The summed E-state index contributed by atoms with van der Waals surface area (Å²) < 4.78 is 30.0. The molecular formula is C36H78O5Si4. The lowest BCUT2D eigenvalue weighted by atomic mass is 9.80. The van der Waals surface area contributed by atoms with Gasteiger partial charge in [0, 0.05) is 6.61 Å². The molecule has 0 aromatic heterocycles. The van der Waals surface area contributed by atoms with Crippen LogP contribution in [0.25, 0.3) is 0 Å². The molecule has 0 spiro atoms. The Hall–Kier alpha value is 0.668. The maximum atomic E-state index is 6.73. The average Bonchev–Trinajstić information content (AvgIpc) is 3.73. The third-order valence-electron chi connectivity index (χ3n) is 11.9. The molecule has 0 amide bonds. The minimum Gasteiger partial charge on any atom is -0.412 e. The van der Waals surface area contributed by atoms with E-state index in [1.165, 1.54) is 38.5 Å². The number of ether oxygens (including phenoxy) is 3. The topological polar surface area (TPSA) is 52.8 Å². The molecule has 45 heavy (non-hydrogen) atoms. The van der Waals surface area contributed by atoms with Gasteiger partial charge in [-0.3, -0.25) is 0 Å². The Morgan fingerprint density at radius 2 is 1.11 bits per heavy atom. The quantitative estimate of drug-likeness (QED) is 0.0858. The van der Waals surface area contributed by atoms with Crippen LogP contribution in [0.1, 0.15) is 86.5 Å². The van der Waals surface area contributed by atoms with E-state index in [0.29, 0.717) is 23.4 Å². The summed E-state index contributed by atoms with van der Waals surface area (Å²) in [5, 5.41) is 0.543. The van der Waals surface area contributed by atoms with Crippen molar-refractivity contribution in [3.05, 3.63) is 0 Å². The summed E-state index contributed by atoms with van der Waals surface area (Å²) in [7, 11) is -5.89. The number of fused-ring (bicyclic) bond motifs is 1. The van der Waals surface area contributed by atoms with Crippen LogP contribution in [0.3, 0.4) is 0 Å². The van der Waals surface area contributed by atoms with E-state index in [1.54, 1.807) is 0 Å². The Balaban J connectivity index is 0.000000314. The Morgan fingerprint density at radius 3 is 1.51 bits per heavy atom. The van der Waals surface area contributed by atoms with Gasteiger partial charge in [0.15, 0.2) is 16.6 Å². The van der Waals surface area contributed by atoms with Crippen molar-refractivity contribution in [3.63, 3.8) is 0 Å². The molecule has 2 aliphatic heterocycles. The SMILES string of the molecule is CC(C)(O[Si](C)(C)C)C(C)(CCC1CCC2OC2C1)[Si](C)(C)C.CC(C)(O[Si](C)(C)C)C(C)(CCCOCC1CO1)[Si](C)(C)C. The highest BCUT2D eigenvalue weighted by Crippen LogP contribution is 2.56. The van der Waals surface area contributed by atoms with Crippen molar-refractivity contribution < 1.29 is 23.1 Å². The van der Waals surface area contributed by atoms with E-state index in [4.69, 9.17) is 23.1 Å². The predicted octanol–water partition coefficient (Wildman–Crippen LogP) is 11.0. The maximum Gasteiger partial charge on any atom is 0.184 e. The minimum atomic E-state index is -1.57. The van der Waals surface area contributed by atoms with E-state index in [-0.39, 0.29) is 16.2 Å². The lowest BCUT2D eigenvalue weighted by Gasteiger charge is -2.54. The average molecular weight is 703 g/mol. The summed E-state index contributed by atoms with van der Waals surface area (Å²) in [6.07, 6.45) is 10.5. The van der Waals surface area contributed by atoms with Crippen LogP contribution in [0.15, 0.2) is 0 Å². The summed E-state index contributed by atoms with van der Waals surface area (Å²) in [5.41, 5.74) is -0.114. The molecule has 0 radical (unpaired) electrons. The minimum absolute atomic E-state index is 0.0325. The van der Waals surface area contributed by atoms with E-state index in [1.807, 2.05) is 0 Å². The van der Waals surface area contributed by atoms with E-state index in [0.717, 1.165) is 32.2 Å². The van der Waals surface area contributed by atoms with Crippen molar-refractivity contribution in [2.45, 2.75) is 205 Å². The fourth-order valence-electron chi connectivity index (χ4n) is 8.06. The van der Waals surface area contributed by atoms with Crippen molar-refractivity contribution in [2.75, 3.05) is 19.8 Å². The summed E-state index contributed by atoms with van der Waals surface area (Å²) in [5.74, 6) is 0.872. The number of rotatable bonds is 17. The number of hydrogen-bond donors (Lipinski definition) is 0. The smallest absolute Gasteiger partial charge is 0.184 e. The molecule has 5 nitrogen and oxygen atoms in total. The molecule has 2 saturated heterocycles. The van der Waals surface area contributed by atoms with Gasteiger partial charge in [-0.25, -0.2) is 0 Å². The molecule has 9 heteroatoms. The summed E-state index contributed by atoms with van der Waals surface area (Å²) in [6, 6.07) is 0. The van der Waals surface area contributed by atoms with Gasteiger partial charge in [0.05, 0.1) is 52.8 Å². The first-order chi connectivity index (χ1) is 20.0. The molecule has 268 valence electrons. The second kappa shape index (κ2) is 14.9. The van der Waals surface area contributed by atoms with Gasteiger partial charge in [0.25, 0.3) is 0 Å². The van der Waals surface area contributed by atoms with Gasteiger partial charge in [-0.15, -0.1) is 0 Å². The fourth-order valence-corrected chi connectivity index (χ4v) is 17.3. The van der Waals surface area contributed by atoms with Crippen LogP contribution in [0.5, 0.6) is 0 Å². The predicted molar refractivity (Wildman–Crippen MR) is 205 cm³/mol. The summed E-state index contributed by atoms with van der Waals surface area (Å²) in [4.78, 5) is 0. The molecule has 6 unspecified atom stereocenters. The van der Waals surface area contributed by atoms with Gasteiger partial charge in [0.1, 0.15) is 6.10 Å². The highest BCUT2D eigenvalue weighted by molar-refractivity contribution is 6.80. The van der Waals surface area contributed by atoms with Crippen molar-refractivity contribution in [3.8, 4) is 0 Å². The van der Waals surface area contributed by atoms with Crippen LogP contribution in [0, 0.1) is 5.92 Å². The van der Waals surface area contributed by atoms with Gasteiger partial charge in [-0.2, -0.15) is 0 Å². The summed E-state index contributed by atoms with van der Waals surface area (Å²) >= 11 is 0. The fraction of sp³-hybridized carbons (Fsp3) is 1.00. The maximum absolute atomic E-state index is 6.73. The van der Waals surface area contributed by atoms with Crippen LogP contribution < -0.4 is 0 Å². The van der Waals surface area contributed by atoms with Crippen molar-refractivity contribution in [2.24, 2.45) is 5.92 Å². The molecule has 3 rings (SSSR count). The molecule has 6 atom stereocenters. The first-order valence-corrected chi connectivity index (χ1v) is 32.1. The molecule has 1 saturated carbocycles. The van der Waals surface area contributed by atoms with E-state index in [9.17, 15) is 0 Å². The molecule has 0 bridgehead atoms. The van der Waals surface area contributed by atoms with Gasteiger partial charge in [-0.1, -0.05) is 53.1 Å². The molecular weight excluding hydrogens is 625 g/mol. The largest absolute Gasteiger partial charge is 0.412 e. The molecule has 1 aliphatic carbocycles. The third kappa shape index (κ3) is 12.2. The van der Waals surface area contributed by atoms with Crippen molar-refractivity contribution in [1.82, 2.24) is 0 Å². The third-order valence-corrected chi connectivity index (χ3v) is 22.5. The monoisotopic (exact) mass is 702 g/mol. The normalized spacial score (nSPS) is 27.1. The number of hydrogen-bond acceptors (Lipinski definition) is 5. The molecule has 0 aromatic carbocycles. The Bertz CT molecular complexity index is 926. The molecule has 0 N–H and O–H groups in total. The highest BCUT2D eigenvalue weighted by atomic mass is 28.4. The van der Waals surface area contributed by atoms with Crippen LogP contribution in [-0.4, -0.2) is 82.1 Å². The van der Waals surface area contributed by atoms with Crippen molar-refractivity contribution in [1.29, 1.82) is 0 Å². The second-order valence-corrected chi connectivity index (χ2v) is 40.2. The zero-order chi connectivity index (χ0) is 34.9. The van der Waals surface area contributed by atoms with Gasteiger partial charge in [-0.05, 0) is 128 Å². The Morgan fingerprint density at radius 1 is 0.644 bits per heavy atom. The first kappa shape index (κ1) is 41.8. The zero-order valence-electron chi connectivity index (χ0n) is 33.4. The molecule has 3 aliphatic rings. The van der Waals surface area contributed by atoms with Gasteiger partial charge >= 0.3 is 0 Å². The van der Waals surface area contributed by atoms with Crippen LogP contribution in [0.4, 0.5) is 0 Å². The van der Waals surface area contributed by atoms with E-state index >= 15 is 0 Å². The first-order valence-electron chi connectivity index (χ1n) is 18.3. The molecule has 2 heterocycles. The van der Waals surface area contributed by atoms with E-state index in [2.05, 4.69) is 120 Å². The standard InChI is InChI=1S/C19H40O2Si2.C17H38O3Si2/c1-18(2,21-23(7,8)9)19(3,22(4,5)6)13-12-15-10-11-16-17(14-15)20-16;1-16(2,20-22(7,8)9)17(3,21(4,5)6)11-10-12-18-13-15-14-19-15/h15-17H,10-14H2,1-9H3;15H,10-14H2,1-9H3. The lowest BCUT2D eigenvalue weighted by molar-refractivity contribution is 0.0380. The Labute approximate surface area is 285 Å². The van der Waals surface area contributed by atoms with Crippen LogP contribution in [-0.2, 0) is 23.1 Å². The molecule has 3 fully saturated rings. The summed E-state index contributed by atoms with van der Waals surface area (Å²) in [6.45, 7) is 45.7. The zero-order valence-corrected chi connectivity index (χ0v) is 37.4. The Kier molecular flexibility index (Phi) is 13.8. The van der Waals surface area contributed by atoms with Crippen LogP contribution in [0.2, 0.25) is 88.6 Å². The lowest BCUT2D eigenvalue weighted by Crippen LogP contribution is -2.55. The van der Waals surface area contributed by atoms with Crippen LogP contribution >= 0.6 is 0 Å². The highest BCUT2D eigenvalue weighted by Gasteiger charge is 2.53. The second-order valence-electron chi connectivity index (χ2n) is 20.2. The van der Waals surface area contributed by atoms with Gasteiger partial charge in [0.2, 0.25) is 0 Å².